The van der Waals surface area contributed by atoms with Gasteiger partial charge in [-0.15, -0.1) is 10.2 Å². The van der Waals surface area contributed by atoms with Crippen LogP contribution in [0.5, 0.6) is 0 Å². The zero-order valence-corrected chi connectivity index (χ0v) is 23.1. The average molecular weight is 634 g/mol. The van der Waals surface area contributed by atoms with Crippen LogP contribution in [-0.4, -0.2) is 52.4 Å². The fourth-order valence-electron chi connectivity index (χ4n) is 4.23. The summed E-state index contributed by atoms with van der Waals surface area (Å²) in [5, 5.41) is 21.0. The van der Waals surface area contributed by atoms with Gasteiger partial charge >= 0.3 is 11.9 Å². The third kappa shape index (κ3) is 6.68. The van der Waals surface area contributed by atoms with Crippen LogP contribution >= 0.6 is 11.6 Å². The Morgan fingerprint density at radius 1 is 1.02 bits per heavy atom. The molecule has 16 heteroatoms. The van der Waals surface area contributed by atoms with E-state index in [-0.39, 0.29) is 47.1 Å². The van der Waals surface area contributed by atoms with E-state index in [4.69, 9.17) is 11.6 Å². The van der Waals surface area contributed by atoms with Crippen molar-refractivity contribution in [2.45, 2.75) is 31.9 Å². The number of para-hydroxylation sites is 1. The van der Waals surface area contributed by atoms with E-state index < -0.39 is 42.1 Å². The van der Waals surface area contributed by atoms with Crippen LogP contribution in [0, 0.1) is 11.6 Å². The summed E-state index contributed by atoms with van der Waals surface area (Å²) in [5.74, 6) is -2.09. The van der Waals surface area contributed by atoms with Gasteiger partial charge in [-0.3, -0.25) is 9.36 Å². The van der Waals surface area contributed by atoms with E-state index >= 15 is 0 Å². The first kappa shape index (κ1) is 30.6. The highest BCUT2D eigenvalue weighted by atomic mass is 35.5. The minimum atomic E-state index is -4.98. The third-order valence-electron chi connectivity index (χ3n) is 6.43. The van der Waals surface area contributed by atoms with Crippen molar-refractivity contribution in [2.24, 2.45) is 0 Å². The molecule has 5 rings (SSSR count). The van der Waals surface area contributed by atoms with E-state index in [2.05, 4.69) is 20.5 Å². The molecule has 0 fully saturated rings. The van der Waals surface area contributed by atoms with Crippen LogP contribution in [0.2, 0.25) is 5.02 Å². The van der Waals surface area contributed by atoms with Crippen LogP contribution in [0.15, 0.2) is 77.9 Å². The Morgan fingerprint density at radius 3 is 2.48 bits per heavy atom. The summed E-state index contributed by atoms with van der Waals surface area (Å²) in [6, 6.07) is 15.0. The minimum absolute atomic E-state index is 0.0211. The highest BCUT2D eigenvalue weighted by Gasteiger charge is 2.39. The lowest BCUT2D eigenvalue weighted by Gasteiger charge is -2.15. The highest BCUT2D eigenvalue weighted by molar-refractivity contribution is 6.30. The van der Waals surface area contributed by atoms with Gasteiger partial charge in [0.25, 0.3) is 5.91 Å². The Hall–Kier alpha value is -4.89. The standard InChI is InChI=1S/C28H21ClF5N7O3/c29-18-7-5-16(6-8-18)25-38-40(27(44)39(25)13-23(42)28(32,33)34)14-24-36-15-41(37-24)22-4-2-1-3-20(22)26(43)35-12-17-11-19(30)9-10-21(17)31/h1-11,15,23,42H,12-14H2,(H,35,43)/t23-/m0/s1. The molecule has 1 atom stereocenters. The molecule has 0 aliphatic rings. The molecule has 0 spiro atoms. The zero-order valence-electron chi connectivity index (χ0n) is 22.3. The molecule has 0 radical (unpaired) electrons. The third-order valence-corrected chi connectivity index (χ3v) is 6.68. The molecule has 3 aromatic carbocycles. The van der Waals surface area contributed by atoms with Gasteiger partial charge in [0.2, 0.25) is 0 Å². The number of carbonyl (C=O) groups is 1. The lowest BCUT2D eigenvalue weighted by molar-refractivity contribution is -0.207. The molecule has 2 N–H and O–H groups in total. The van der Waals surface area contributed by atoms with Gasteiger partial charge in [0.15, 0.2) is 17.8 Å². The molecule has 2 heterocycles. The van der Waals surface area contributed by atoms with Gasteiger partial charge in [-0.2, -0.15) is 13.2 Å². The predicted octanol–water partition coefficient (Wildman–Crippen LogP) is 4.13. The molecule has 0 bridgehead atoms. The van der Waals surface area contributed by atoms with Crippen molar-refractivity contribution < 1.29 is 31.9 Å². The van der Waals surface area contributed by atoms with Crippen LogP contribution in [-0.2, 0) is 19.6 Å². The number of aromatic nitrogens is 6. The molecule has 228 valence electrons. The molecule has 0 saturated carbocycles. The lowest BCUT2D eigenvalue weighted by Crippen LogP contribution is -2.37. The molecule has 1 amide bonds. The summed E-state index contributed by atoms with van der Waals surface area (Å²) < 4.78 is 69.7. The Kier molecular flexibility index (Phi) is 8.60. The van der Waals surface area contributed by atoms with Gasteiger partial charge in [-0.1, -0.05) is 23.7 Å². The second-order valence-corrected chi connectivity index (χ2v) is 9.92. The maximum Gasteiger partial charge on any atom is 0.416 e. The Balaban J connectivity index is 1.41. The van der Waals surface area contributed by atoms with E-state index in [1.54, 1.807) is 18.2 Å². The van der Waals surface area contributed by atoms with Crippen LogP contribution in [0.4, 0.5) is 22.0 Å². The number of amides is 1. The Morgan fingerprint density at radius 2 is 1.75 bits per heavy atom. The van der Waals surface area contributed by atoms with E-state index in [0.29, 0.717) is 9.59 Å². The summed E-state index contributed by atoms with van der Waals surface area (Å²) >= 11 is 5.91. The van der Waals surface area contributed by atoms with Crippen LogP contribution < -0.4 is 11.0 Å². The number of hydrogen-bond acceptors (Lipinski definition) is 6. The Labute approximate surface area is 250 Å². The number of alkyl halides is 3. The van der Waals surface area contributed by atoms with Crippen molar-refractivity contribution in [1.82, 2.24) is 34.4 Å². The summed E-state index contributed by atoms with van der Waals surface area (Å²) in [4.78, 5) is 30.2. The van der Waals surface area contributed by atoms with Crippen molar-refractivity contribution in [3.05, 3.63) is 117 Å². The summed E-state index contributed by atoms with van der Waals surface area (Å²) in [6.45, 7) is -1.76. The highest BCUT2D eigenvalue weighted by Crippen LogP contribution is 2.24. The van der Waals surface area contributed by atoms with Crippen molar-refractivity contribution >= 4 is 17.5 Å². The molecule has 2 aromatic heterocycles. The van der Waals surface area contributed by atoms with Crippen LogP contribution in [0.25, 0.3) is 17.1 Å². The summed E-state index contributed by atoms with van der Waals surface area (Å²) in [7, 11) is 0. The second-order valence-electron chi connectivity index (χ2n) is 9.48. The normalized spacial score (nSPS) is 12.3. The maximum atomic E-state index is 14.0. The number of rotatable bonds is 9. The smallest absolute Gasteiger partial charge is 0.382 e. The van der Waals surface area contributed by atoms with Gasteiger partial charge in [0.1, 0.15) is 24.5 Å². The van der Waals surface area contributed by atoms with E-state index in [1.807, 2.05) is 0 Å². The molecule has 0 aliphatic heterocycles. The van der Waals surface area contributed by atoms with Gasteiger partial charge < -0.3 is 10.4 Å². The van der Waals surface area contributed by atoms with E-state index in [1.165, 1.54) is 41.3 Å². The molecule has 44 heavy (non-hydrogen) atoms. The predicted molar refractivity (Wildman–Crippen MR) is 147 cm³/mol. The largest absolute Gasteiger partial charge is 0.416 e. The Bertz CT molecular complexity index is 1870. The van der Waals surface area contributed by atoms with Crippen LogP contribution in [0.3, 0.4) is 0 Å². The second kappa shape index (κ2) is 12.4. The monoisotopic (exact) mass is 633 g/mol. The van der Waals surface area contributed by atoms with Crippen molar-refractivity contribution in [3.63, 3.8) is 0 Å². The first-order chi connectivity index (χ1) is 20.9. The molecule has 0 unspecified atom stereocenters. The number of nitrogens with zero attached hydrogens (tertiary/aromatic N) is 6. The van der Waals surface area contributed by atoms with Gasteiger partial charge in [0.05, 0.1) is 17.8 Å². The van der Waals surface area contributed by atoms with Gasteiger partial charge in [0, 0.05) is 22.7 Å². The fourth-order valence-corrected chi connectivity index (χ4v) is 4.36. The zero-order chi connectivity index (χ0) is 31.6. The number of hydrogen-bond donors (Lipinski definition) is 2. The topological polar surface area (TPSA) is 120 Å². The average Bonchev–Trinajstić information content (AvgIpc) is 3.58. The van der Waals surface area contributed by atoms with E-state index in [9.17, 15) is 36.6 Å². The number of halogens is 6. The van der Waals surface area contributed by atoms with Crippen molar-refractivity contribution in [1.29, 1.82) is 0 Å². The molecule has 0 aliphatic carbocycles. The summed E-state index contributed by atoms with van der Waals surface area (Å²) in [5.41, 5.74) is -0.357. The van der Waals surface area contributed by atoms with Gasteiger partial charge in [-0.05, 0) is 54.6 Å². The molecule has 0 saturated heterocycles. The number of aliphatic hydroxyl groups excluding tert-OH is 1. The first-order valence-corrected chi connectivity index (χ1v) is 13.2. The number of benzene rings is 3. The molecule has 10 nitrogen and oxygen atoms in total. The first-order valence-electron chi connectivity index (χ1n) is 12.8. The molecular formula is C28H21ClF5N7O3. The molecule has 5 aromatic rings. The number of carbonyl (C=O) groups excluding carboxylic acids is 1. The lowest BCUT2D eigenvalue weighted by atomic mass is 10.1. The number of nitrogens with one attached hydrogen (secondary N) is 1. The van der Waals surface area contributed by atoms with E-state index in [0.717, 1.165) is 22.9 Å². The van der Waals surface area contributed by atoms with Crippen molar-refractivity contribution in [2.75, 3.05) is 0 Å². The van der Waals surface area contributed by atoms with Crippen LogP contribution in [0.1, 0.15) is 21.7 Å². The quantitative estimate of drug-likeness (QED) is 0.236. The fraction of sp³-hybridized carbons (Fsp3) is 0.179. The number of aliphatic hydroxyl groups is 1. The molecular weight excluding hydrogens is 613 g/mol. The van der Waals surface area contributed by atoms with Gasteiger partial charge in [-0.25, -0.2) is 27.9 Å². The maximum absolute atomic E-state index is 14.0. The SMILES string of the molecule is O=C(NCc1cc(F)ccc1F)c1ccccc1-n1cnc(Cn2nc(-c3ccc(Cl)cc3)n(C[C@H](O)C(F)(F)F)c2=O)n1. The van der Waals surface area contributed by atoms with Crippen molar-refractivity contribution in [3.8, 4) is 17.1 Å². The minimum Gasteiger partial charge on any atom is -0.382 e. The summed E-state index contributed by atoms with van der Waals surface area (Å²) in [6.07, 6.45) is -6.56.